The molecule has 1 aromatic carbocycles. The van der Waals surface area contributed by atoms with Gasteiger partial charge in [0.2, 0.25) is 0 Å². The first-order valence-electron chi connectivity index (χ1n) is 6.70. The van der Waals surface area contributed by atoms with E-state index in [1.807, 2.05) is 12.1 Å². The van der Waals surface area contributed by atoms with Gasteiger partial charge in [0.15, 0.2) is 0 Å². The highest BCUT2D eigenvalue weighted by atomic mass is 16.1. The van der Waals surface area contributed by atoms with Crippen molar-refractivity contribution < 1.29 is 4.79 Å². The van der Waals surface area contributed by atoms with Gasteiger partial charge in [0, 0.05) is 12.8 Å². The second-order valence-electron chi connectivity index (χ2n) is 5.90. The summed E-state index contributed by atoms with van der Waals surface area (Å²) in [5.41, 5.74) is 8.10. The van der Waals surface area contributed by atoms with Crippen molar-refractivity contribution in [3.05, 3.63) is 35.4 Å². The van der Waals surface area contributed by atoms with E-state index in [-0.39, 0.29) is 5.41 Å². The predicted molar refractivity (Wildman–Crippen MR) is 76.6 cm³/mol. The van der Waals surface area contributed by atoms with E-state index in [1.165, 1.54) is 5.56 Å². The molecule has 2 nitrogen and oxygen atoms in total. The number of ketones is 1. The first-order valence-corrected chi connectivity index (χ1v) is 6.70. The maximum atomic E-state index is 11.9. The Hall–Kier alpha value is -1.15. The fourth-order valence-corrected chi connectivity index (χ4v) is 2.02. The van der Waals surface area contributed by atoms with Crippen molar-refractivity contribution in [3.63, 3.8) is 0 Å². The monoisotopic (exact) mass is 247 g/mol. The van der Waals surface area contributed by atoms with Gasteiger partial charge in [0.05, 0.1) is 0 Å². The fraction of sp³-hybridized carbons (Fsp3) is 0.562. The minimum Gasteiger partial charge on any atom is -0.330 e. The molecule has 0 saturated carbocycles. The lowest BCUT2D eigenvalue weighted by Crippen LogP contribution is -2.18. The van der Waals surface area contributed by atoms with Crippen molar-refractivity contribution in [3.8, 4) is 0 Å². The number of hydrogen-bond donors (Lipinski definition) is 1. The summed E-state index contributed by atoms with van der Waals surface area (Å²) >= 11 is 0. The largest absolute Gasteiger partial charge is 0.330 e. The lowest BCUT2D eigenvalue weighted by Gasteiger charge is -2.23. The second kappa shape index (κ2) is 6.69. The normalized spacial score (nSPS) is 11.6. The number of rotatable bonds is 7. The van der Waals surface area contributed by atoms with Crippen LogP contribution < -0.4 is 5.73 Å². The first-order chi connectivity index (χ1) is 8.43. The highest BCUT2D eigenvalue weighted by Gasteiger charge is 2.18. The molecule has 0 spiro atoms. The maximum absolute atomic E-state index is 11.9. The van der Waals surface area contributed by atoms with Crippen LogP contribution in [-0.2, 0) is 11.2 Å². The van der Waals surface area contributed by atoms with E-state index in [1.54, 1.807) is 0 Å². The van der Waals surface area contributed by atoms with E-state index in [0.717, 1.165) is 18.4 Å². The van der Waals surface area contributed by atoms with Crippen molar-refractivity contribution >= 4 is 5.78 Å². The molecule has 0 radical (unpaired) electrons. The zero-order valence-electron chi connectivity index (χ0n) is 11.8. The van der Waals surface area contributed by atoms with Crippen LogP contribution in [-0.4, -0.2) is 12.3 Å². The lowest BCUT2D eigenvalue weighted by molar-refractivity contribution is -0.119. The van der Waals surface area contributed by atoms with Gasteiger partial charge < -0.3 is 5.73 Å². The number of aryl methyl sites for hydroxylation is 1. The van der Waals surface area contributed by atoms with Gasteiger partial charge in [-0.05, 0) is 37.3 Å². The Balaban J connectivity index is 2.40. The third-order valence-electron chi connectivity index (χ3n) is 3.42. The van der Waals surface area contributed by atoms with Crippen LogP contribution in [0.25, 0.3) is 0 Å². The highest BCUT2D eigenvalue weighted by Crippen LogP contribution is 2.26. The van der Waals surface area contributed by atoms with Crippen LogP contribution in [0, 0.1) is 12.3 Å². The average molecular weight is 247 g/mol. The van der Waals surface area contributed by atoms with Gasteiger partial charge in [-0.2, -0.15) is 0 Å². The van der Waals surface area contributed by atoms with Crippen LogP contribution in [0.4, 0.5) is 0 Å². The molecule has 1 rings (SSSR count). The van der Waals surface area contributed by atoms with Crippen molar-refractivity contribution in [1.29, 1.82) is 0 Å². The Morgan fingerprint density at radius 1 is 1.17 bits per heavy atom. The molecular formula is C16H25NO. The van der Waals surface area contributed by atoms with Crippen molar-refractivity contribution in [1.82, 2.24) is 0 Å². The third-order valence-corrected chi connectivity index (χ3v) is 3.42. The summed E-state index contributed by atoms with van der Waals surface area (Å²) in [6.07, 6.45) is 3.11. The van der Waals surface area contributed by atoms with Crippen LogP contribution in [0.5, 0.6) is 0 Å². The summed E-state index contributed by atoms with van der Waals surface area (Å²) in [5.74, 6) is 0.323. The standard InChI is InChI=1S/C16H25NO/c1-13-4-6-14(7-5-13)12-15(18)8-9-16(2,3)10-11-17/h4-7H,8-12,17H2,1-3H3. The number of carbonyl (C=O) groups excluding carboxylic acids is 1. The number of Topliss-reactive ketones (excluding diaryl/α,β-unsaturated/α-hetero) is 1. The molecule has 0 aromatic heterocycles. The molecule has 1 aromatic rings. The molecule has 18 heavy (non-hydrogen) atoms. The molecule has 0 fully saturated rings. The molecule has 0 bridgehead atoms. The zero-order chi connectivity index (χ0) is 13.6. The summed E-state index contributed by atoms with van der Waals surface area (Å²) < 4.78 is 0. The molecular weight excluding hydrogens is 222 g/mol. The van der Waals surface area contributed by atoms with Crippen LogP contribution >= 0.6 is 0 Å². The number of hydrogen-bond acceptors (Lipinski definition) is 2. The Morgan fingerprint density at radius 3 is 2.33 bits per heavy atom. The Bertz CT molecular complexity index is 379. The summed E-state index contributed by atoms with van der Waals surface area (Å²) in [5, 5.41) is 0. The molecule has 0 amide bonds. The van der Waals surface area contributed by atoms with Gasteiger partial charge in [0.1, 0.15) is 5.78 Å². The molecule has 2 heteroatoms. The average Bonchev–Trinajstić information content (AvgIpc) is 2.30. The summed E-state index contributed by atoms with van der Waals surface area (Å²) in [6, 6.07) is 8.19. The topological polar surface area (TPSA) is 43.1 Å². The van der Waals surface area contributed by atoms with Crippen LogP contribution in [0.2, 0.25) is 0 Å². The van der Waals surface area contributed by atoms with E-state index in [4.69, 9.17) is 5.73 Å². The van der Waals surface area contributed by atoms with Crippen molar-refractivity contribution in [2.45, 2.75) is 46.5 Å². The van der Waals surface area contributed by atoms with E-state index in [9.17, 15) is 4.79 Å². The van der Waals surface area contributed by atoms with Crippen LogP contribution in [0.3, 0.4) is 0 Å². The van der Waals surface area contributed by atoms with Crippen LogP contribution in [0.15, 0.2) is 24.3 Å². The summed E-state index contributed by atoms with van der Waals surface area (Å²) in [7, 11) is 0. The van der Waals surface area contributed by atoms with Gasteiger partial charge in [-0.25, -0.2) is 0 Å². The quantitative estimate of drug-likeness (QED) is 0.803. The molecule has 0 atom stereocenters. The molecule has 2 N–H and O–H groups in total. The second-order valence-corrected chi connectivity index (χ2v) is 5.90. The molecule has 0 aliphatic heterocycles. The summed E-state index contributed by atoms with van der Waals surface area (Å²) in [6.45, 7) is 7.11. The third kappa shape index (κ3) is 5.46. The molecule has 0 unspecified atom stereocenters. The number of nitrogens with two attached hydrogens (primary N) is 1. The fourth-order valence-electron chi connectivity index (χ4n) is 2.02. The van der Waals surface area contributed by atoms with Gasteiger partial charge in [-0.3, -0.25) is 4.79 Å². The molecule has 0 aliphatic carbocycles. The Kier molecular flexibility index (Phi) is 5.54. The minimum absolute atomic E-state index is 0.178. The maximum Gasteiger partial charge on any atom is 0.137 e. The van der Waals surface area contributed by atoms with Crippen molar-refractivity contribution in [2.75, 3.05) is 6.54 Å². The minimum atomic E-state index is 0.178. The molecule has 100 valence electrons. The van der Waals surface area contributed by atoms with Crippen molar-refractivity contribution in [2.24, 2.45) is 11.1 Å². The predicted octanol–water partition coefficient (Wildman–Crippen LogP) is 3.26. The highest BCUT2D eigenvalue weighted by molar-refractivity contribution is 5.80. The Morgan fingerprint density at radius 2 is 1.78 bits per heavy atom. The molecule has 0 saturated heterocycles. The van der Waals surface area contributed by atoms with E-state index < -0.39 is 0 Å². The zero-order valence-corrected chi connectivity index (χ0v) is 11.8. The number of carbonyl (C=O) groups is 1. The SMILES string of the molecule is Cc1ccc(CC(=O)CCC(C)(C)CCN)cc1. The smallest absolute Gasteiger partial charge is 0.137 e. The van der Waals surface area contributed by atoms with Gasteiger partial charge >= 0.3 is 0 Å². The number of benzene rings is 1. The Labute approximate surface area is 111 Å². The van der Waals surface area contributed by atoms with E-state index >= 15 is 0 Å². The lowest BCUT2D eigenvalue weighted by atomic mass is 9.83. The summed E-state index contributed by atoms with van der Waals surface area (Å²) in [4.78, 5) is 11.9. The molecule has 0 aliphatic rings. The van der Waals surface area contributed by atoms with Gasteiger partial charge in [-0.1, -0.05) is 43.7 Å². The van der Waals surface area contributed by atoms with Gasteiger partial charge in [0.25, 0.3) is 0 Å². The molecule has 0 heterocycles. The first kappa shape index (κ1) is 14.9. The van der Waals surface area contributed by atoms with E-state index in [2.05, 4.69) is 32.9 Å². The van der Waals surface area contributed by atoms with E-state index in [0.29, 0.717) is 25.2 Å². The van der Waals surface area contributed by atoms with Crippen LogP contribution in [0.1, 0.15) is 44.2 Å². The van der Waals surface area contributed by atoms with Gasteiger partial charge in [-0.15, -0.1) is 0 Å².